The highest BCUT2D eigenvalue weighted by Gasteiger charge is 2.32. The molecule has 0 amide bonds. The summed E-state index contributed by atoms with van der Waals surface area (Å²) in [5, 5.41) is 12.7. The minimum Gasteiger partial charge on any atom is -0.309 e. The van der Waals surface area contributed by atoms with Gasteiger partial charge in [0.05, 0.1) is 16.7 Å². The zero-order valence-electron chi connectivity index (χ0n) is 35.5. The molecule has 1 aromatic heterocycles. The number of benzene rings is 12. The van der Waals surface area contributed by atoms with E-state index >= 15 is 0 Å². The highest BCUT2D eigenvalue weighted by molar-refractivity contribution is 6.32. The van der Waals surface area contributed by atoms with Crippen LogP contribution in [-0.4, -0.2) is 4.57 Å². The lowest BCUT2D eigenvalue weighted by Crippen LogP contribution is -1.97. The van der Waals surface area contributed by atoms with Crippen LogP contribution in [0.4, 0.5) is 0 Å². The Morgan fingerprint density at radius 3 is 1.40 bits per heavy atom. The molecule has 65 heavy (non-hydrogen) atoms. The molecule has 1 aliphatic carbocycles. The summed E-state index contributed by atoms with van der Waals surface area (Å²) in [6, 6.07) is 87.7. The van der Waals surface area contributed by atoms with Crippen LogP contribution in [0.15, 0.2) is 237 Å². The highest BCUT2D eigenvalue weighted by Crippen LogP contribution is 2.58. The molecule has 0 unspecified atom stereocenters. The molecular weight excluding hydrogens is 783 g/mol. The monoisotopic (exact) mass is 821 g/mol. The van der Waals surface area contributed by atoms with Crippen molar-refractivity contribution in [2.45, 2.75) is 0 Å². The third kappa shape index (κ3) is 5.15. The molecule has 0 spiro atoms. The van der Waals surface area contributed by atoms with Crippen molar-refractivity contribution in [1.29, 1.82) is 0 Å². The second kappa shape index (κ2) is 14.0. The van der Waals surface area contributed by atoms with E-state index in [9.17, 15) is 0 Å². The number of rotatable bonds is 5. The van der Waals surface area contributed by atoms with Gasteiger partial charge in [-0.15, -0.1) is 0 Å². The summed E-state index contributed by atoms with van der Waals surface area (Å²) in [7, 11) is 0. The fraction of sp³-hybridized carbons (Fsp3) is 0. The number of fused-ring (bicyclic) bond motifs is 11. The smallest absolute Gasteiger partial charge is 0.0554 e. The van der Waals surface area contributed by atoms with E-state index in [2.05, 4.69) is 241 Å². The van der Waals surface area contributed by atoms with E-state index in [0.29, 0.717) is 0 Å². The first-order valence-corrected chi connectivity index (χ1v) is 22.6. The first-order chi connectivity index (χ1) is 32.3. The topological polar surface area (TPSA) is 4.93 Å². The van der Waals surface area contributed by atoms with Crippen LogP contribution in [0.5, 0.6) is 0 Å². The minimum absolute atomic E-state index is 1.18. The number of hydrogen-bond donors (Lipinski definition) is 0. The van der Waals surface area contributed by atoms with Gasteiger partial charge >= 0.3 is 0 Å². The predicted molar refractivity (Wildman–Crippen MR) is 277 cm³/mol. The van der Waals surface area contributed by atoms with Gasteiger partial charge in [0.15, 0.2) is 0 Å². The summed E-state index contributed by atoms with van der Waals surface area (Å²) < 4.78 is 2.58. The number of aromatic nitrogens is 1. The molecular formula is C64H39N. The van der Waals surface area contributed by atoms with E-state index in [1.165, 1.54) is 137 Å². The molecule has 0 atom stereocenters. The maximum atomic E-state index is 2.58. The van der Waals surface area contributed by atoms with Crippen molar-refractivity contribution in [3.8, 4) is 72.4 Å². The molecule has 1 nitrogen and oxygen atoms in total. The Morgan fingerprint density at radius 2 is 0.723 bits per heavy atom. The predicted octanol–water partition coefficient (Wildman–Crippen LogP) is 17.7. The van der Waals surface area contributed by atoms with Crippen LogP contribution in [0.1, 0.15) is 0 Å². The molecule has 12 aromatic carbocycles. The van der Waals surface area contributed by atoms with Crippen LogP contribution in [0.25, 0.3) is 137 Å². The lowest BCUT2D eigenvalue weighted by molar-refractivity contribution is 1.20. The van der Waals surface area contributed by atoms with Crippen LogP contribution in [0.2, 0.25) is 0 Å². The van der Waals surface area contributed by atoms with Gasteiger partial charge in [0.25, 0.3) is 0 Å². The summed E-state index contributed by atoms with van der Waals surface area (Å²) in [5.74, 6) is 0. The Kier molecular flexibility index (Phi) is 7.75. The molecule has 0 aliphatic heterocycles. The van der Waals surface area contributed by atoms with Crippen molar-refractivity contribution in [3.05, 3.63) is 237 Å². The van der Waals surface area contributed by atoms with Gasteiger partial charge < -0.3 is 4.57 Å². The van der Waals surface area contributed by atoms with Gasteiger partial charge in [-0.3, -0.25) is 0 Å². The maximum Gasteiger partial charge on any atom is 0.0554 e. The van der Waals surface area contributed by atoms with Gasteiger partial charge in [-0.1, -0.05) is 218 Å². The Hall–Kier alpha value is -8.52. The van der Waals surface area contributed by atoms with Crippen molar-refractivity contribution in [1.82, 2.24) is 4.57 Å². The first-order valence-electron chi connectivity index (χ1n) is 22.6. The molecule has 0 bridgehead atoms. The molecule has 13 aromatic rings. The van der Waals surface area contributed by atoms with Crippen LogP contribution < -0.4 is 0 Å². The van der Waals surface area contributed by atoms with Gasteiger partial charge in [-0.05, 0) is 123 Å². The van der Waals surface area contributed by atoms with Crippen molar-refractivity contribution in [2.24, 2.45) is 0 Å². The second-order valence-electron chi connectivity index (χ2n) is 17.4. The SMILES string of the molecule is c1ccc(-c2ccccc2-c2cc3c(c4ccccc24)c2c4ccccc4ccc2n3-c2ccc3c4c(cccc24)-c2c-3c(-c3ccccc3)c3ccccc3c2-c2ccccc2)cc1. The van der Waals surface area contributed by atoms with Crippen molar-refractivity contribution >= 4 is 64.9 Å². The van der Waals surface area contributed by atoms with Crippen LogP contribution >= 0.6 is 0 Å². The van der Waals surface area contributed by atoms with E-state index < -0.39 is 0 Å². The molecule has 1 heteroatoms. The Balaban J connectivity index is 1.14. The van der Waals surface area contributed by atoms with Crippen molar-refractivity contribution in [3.63, 3.8) is 0 Å². The lowest BCUT2D eigenvalue weighted by atomic mass is 9.82. The fourth-order valence-corrected chi connectivity index (χ4v) is 11.5. The van der Waals surface area contributed by atoms with E-state index in [4.69, 9.17) is 0 Å². The quantitative estimate of drug-likeness (QED) is 0.163. The van der Waals surface area contributed by atoms with Gasteiger partial charge in [-0.2, -0.15) is 0 Å². The fourth-order valence-electron chi connectivity index (χ4n) is 11.5. The molecule has 300 valence electrons. The summed E-state index contributed by atoms with van der Waals surface area (Å²) in [6.07, 6.45) is 0. The van der Waals surface area contributed by atoms with Crippen LogP contribution in [0.3, 0.4) is 0 Å². The molecule has 0 saturated carbocycles. The molecule has 1 heterocycles. The van der Waals surface area contributed by atoms with E-state index in [1.807, 2.05) is 0 Å². The van der Waals surface area contributed by atoms with E-state index in [-0.39, 0.29) is 0 Å². The first kappa shape index (κ1) is 36.0. The summed E-state index contributed by atoms with van der Waals surface area (Å²) >= 11 is 0. The van der Waals surface area contributed by atoms with Crippen LogP contribution in [-0.2, 0) is 0 Å². The van der Waals surface area contributed by atoms with E-state index in [0.717, 1.165) is 0 Å². The Bertz CT molecular complexity index is 3990. The Morgan fingerprint density at radius 1 is 0.231 bits per heavy atom. The van der Waals surface area contributed by atoms with Gasteiger partial charge in [-0.25, -0.2) is 0 Å². The highest BCUT2D eigenvalue weighted by atomic mass is 15.0. The zero-order valence-corrected chi connectivity index (χ0v) is 35.5. The number of nitrogens with zero attached hydrogens (tertiary/aromatic N) is 1. The molecule has 14 rings (SSSR count). The largest absolute Gasteiger partial charge is 0.309 e. The summed E-state index contributed by atoms with van der Waals surface area (Å²) in [4.78, 5) is 0. The average Bonchev–Trinajstić information content (AvgIpc) is 3.90. The molecule has 0 fully saturated rings. The van der Waals surface area contributed by atoms with Crippen molar-refractivity contribution < 1.29 is 0 Å². The zero-order chi connectivity index (χ0) is 42.6. The summed E-state index contributed by atoms with van der Waals surface area (Å²) in [6.45, 7) is 0. The molecule has 0 radical (unpaired) electrons. The lowest BCUT2D eigenvalue weighted by Gasteiger charge is -2.20. The molecule has 0 saturated heterocycles. The summed E-state index contributed by atoms with van der Waals surface area (Å²) in [5.41, 5.74) is 18.7. The van der Waals surface area contributed by atoms with Gasteiger partial charge in [0.2, 0.25) is 0 Å². The van der Waals surface area contributed by atoms with Gasteiger partial charge in [0.1, 0.15) is 0 Å². The second-order valence-corrected chi connectivity index (χ2v) is 17.4. The third-order valence-corrected chi connectivity index (χ3v) is 14.1. The number of hydrogen-bond acceptors (Lipinski definition) is 0. The maximum absolute atomic E-state index is 2.58. The van der Waals surface area contributed by atoms with Crippen molar-refractivity contribution in [2.75, 3.05) is 0 Å². The Labute approximate surface area is 376 Å². The minimum atomic E-state index is 1.18. The third-order valence-electron chi connectivity index (χ3n) is 14.1. The van der Waals surface area contributed by atoms with Gasteiger partial charge in [0, 0.05) is 16.2 Å². The average molecular weight is 822 g/mol. The normalized spacial score (nSPS) is 12.0. The van der Waals surface area contributed by atoms with E-state index in [1.54, 1.807) is 0 Å². The molecule has 1 aliphatic rings. The molecule has 0 N–H and O–H groups in total. The van der Waals surface area contributed by atoms with Crippen LogP contribution in [0, 0.1) is 0 Å². The standard InChI is InChI=1S/C64H39N/c1-4-19-40(20-5-1)44-26-12-13-28-46(44)54-39-57-62(48-30-15-14-29-47(48)54)61-45-27-11-10-21-41(45)35-37-56(61)65(57)55-38-36-53-60-51(55)33-18-34-52(60)63-58(42-22-6-2-7-23-42)49-31-16-17-32-50(49)59(64(53)63)43-24-8-3-9-25-43/h1-39H.